The van der Waals surface area contributed by atoms with Gasteiger partial charge in [-0.25, -0.2) is 0 Å². The molecular weight excluding hydrogens is 162 g/mol. The van der Waals surface area contributed by atoms with Gasteiger partial charge in [0.05, 0.1) is 5.69 Å². The average Bonchev–Trinajstić information content (AvgIpc) is 2.24. The van der Waals surface area contributed by atoms with Gasteiger partial charge in [-0.05, 0) is 27.7 Å². The molecule has 3 nitrogen and oxygen atoms in total. The molecule has 0 fully saturated rings. The zero-order chi connectivity index (χ0) is 10.1. The minimum Gasteiger partial charge on any atom is -0.308 e. The first kappa shape index (κ1) is 10.3. The van der Waals surface area contributed by atoms with Crippen molar-refractivity contribution in [1.82, 2.24) is 15.1 Å². The lowest BCUT2D eigenvalue weighted by atomic mass is 10.1. The van der Waals surface area contributed by atoms with E-state index in [2.05, 4.69) is 37.4 Å². The molecule has 1 heterocycles. The summed E-state index contributed by atoms with van der Waals surface area (Å²) in [6.45, 7) is 9.43. The zero-order valence-corrected chi connectivity index (χ0v) is 9.18. The van der Waals surface area contributed by atoms with Crippen molar-refractivity contribution in [2.24, 2.45) is 7.05 Å². The van der Waals surface area contributed by atoms with Gasteiger partial charge >= 0.3 is 0 Å². The molecule has 74 valence electrons. The third kappa shape index (κ3) is 3.19. The van der Waals surface area contributed by atoms with Crippen LogP contribution in [0.1, 0.15) is 32.0 Å². The van der Waals surface area contributed by atoms with Crippen LogP contribution in [0.5, 0.6) is 0 Å². The summed E-state index contributed by atoms with van der Waals surface area (Å²) in [5, 5.41) is 7.73. The molecule has 0 saturated heterocycles. The average molecular weight is 181 g/mol. The van der Waals surface area contributed by atoms with Crippen molar-refractivity contribution in [2.75, 3.05) is 0 Å². The van der Waals surface area contributed by atoms with Crippen LogP contribution >= 0.6 is 0 Å². The maximum atomic E-state index is 4.29. The predicted molar refractivity (Wildman–Crippen MR) is 54.5 cm³/mol. The van der Waals surface area contributed by atoms with Gasteiger partial charge in [0.1, 0.15) is 0 Å². The van der Waals surface area contributed by atoms with Crippen molar-refractivity contribution in [3.63, 3.8) is 0 Å². The van der Waals surface area contributed by atoms with E-state index in [-0.39, 0.29) is 5.54 Å². The van der Waals surface area contributed by atoms with Crippen LogP contribution in [0.2, 0.25) is 0 Å². The van der Waals surface area contributed by atoms with E-state index in [1.807, 2.05) is 18.7 Å². The van der Waals surface area contributed by atoms with E-state index in [4.69, 9.17) is 0 Å². The standard InChI is InChI=1S/C10H19N3/c1-8-9(7-13(5)12-8)6-11-10(2,3)4/h7,11H,6H2,1-5H3. The van der Waals surface area contributed by atoms with Crippen LogP contribution < -0.4 is 5.32 Å². The van der Waals surface area contributed by atoms with Crippen LogP contribution in [-0.4, -0.2) is 15.3 Å². The van der Waals surface area contributed by atoms with Crippen LogP contribution in [0.25, 0.3) is 0 Å². The van der Waals surface area contributed by atoms with Crippen molar-refractivity contribution < 1.29 is 0 Å². The molecule has 0 saturated carbocycles. The van der Waals surface area contributed by atoms with E-state index >= 15 is 0 Å². The summed E-state index contributed by atoms with van der Waals surface area (Å²) in [4.78, 5) is 0. The van der Waals surface area contributed by atoms with Crippen molar-refractivity contribution in [2.45, 2.75) is 39.8 Å². The lowest BCUT2D eigenvalue weighted by Gasteiger charge is -2.20. The summed E-state index contributed by atoms with van der Waals surface area (Å²) in [5.41, 5.74) is 2.55. The van der Waals surface area contributed by atoms with E-state index in [9.17, 15) is 0 Å². The van der Waals surface area contributed by atoms with Crippen molar-refractivity contribution in [3.05, 3.63) is 17.5 Å². The smallest absolute Gasteiger partial charge is 0.0638 e. The van der Waals surface area contributed by atoms with Crippen molar-refractivity contribution in [1.29, 1.82) is 0 Å². The van der Waals surface area contributed by atoms with Gasteiger partial charge in [0.15, 0.2) is 0 Å². The van der Waals surface area contributed by atoms with Gasteiger partial charge < -0.3 is 5.32 Å². The molecule has 1 N–H and O–H groups in total. The molecular formula is C10H19N3. The van der Waals surface area contributed by atoms with Gasteiger partial charge in [-0.2, -0.15) is 5.10 Å². The highest BCUT2D eigenvalue weighted by atomic mass is 15.3. The highest BCUT2D eigenvalue weighted by molar-refractivity contribution is 5.15. The molecule has 0 amide bonds. The molecule has 0 aliphatic rings. The predicted octanol–water partition coefficient (Wildman–Crippen LogP) is 1.62. The van der Waals surface area contributed by atoms with Gasteiger partial charge in [-0.3, -0.25) is 4.68 Å². The molecule has 0 radical (unpaired) electrons. The molecule has 0 spiro atoms. The third-order valence-corrected chi connectivity index (χ3v) is 1.92. The fourth-order valence-electron chi connectivity index (χ4n) is 1.18. The summed E-state index contributed by atoms with van der Waals surface area (Å²) in [6, 6.07) is 0. The minimum atomic E-state index is 0.169. The number of nitrogens with zero attached hydrogens (tertiary/aromatic N) is 2. The second-order valence-corrected chi connectivity index (χ2v) is 4.52. The van der Waals surface area contributed by atoms with Crippen molar-refractivity contribution in [3.8, 4) is 0 Å². The van der Waals surface area contributed by atoms with Crippen LogP contribution in [0.15, 0.2) is 6.20 Å². The summed E-state index contributed by atoms with van der Waals surface area (Å²) >= 11 is 0. The molecule has 0 aliphatic carbocycles. The number of hydrogen-bond acceptors (Lipinski definition) is 2. The fourth-order valence-corrected chi connectivity index (χ4v) is 1.18. The molecule has 0 bridgehead atoms. The summed E-state index contributed by atoms with van der Waals surface area (Å²) < 4.78 is 1.86. The monoisotopic (exact) mass is 181 g/mol. The van der Waals surface area contributed by atoms with Gasteiger partial charge in [0.2, 0.25) is 0 Å². The van der Waals surface area contributed by atoms with Crippen molar-refractivity contribution >= 4 is 0 Å². The molecule has 3 heteroatoms. The first-order chi connectivity index (χ1) is 5.88. The Balaban J connectivity index is 2.59. The molecule has 13 heavy (non-hydrogen) atoms. The zero-order valence-electron chi connectivity index (χ0n) is 9.18. The Morgan fingerprint density at radius 1 is 1.46 bits per heavy atom. The number of hydrogen-bond donors (Lipinski definition) is 1. The Labute approximate surface area is 80.1 Å². The number of aryl methyl sites for hydroxylation is 2. The van der Waals surface area contributed by atoms with E-state index in [0.29, 0.717) is 0 Å². The fraction of sp³-hybridized carbons (Fsp3) is 0.700. The van der Waals surface area contributed by atoms with E-state index in [1.165, 1.54) is 5.56 Å². The van der Waals surface area contributed by atoms with Crippen LogP contribution in [-0.2, 0) is 13.6 Å². The topological polar surface area (TPSA) is 29.9 Å². The second-order valence-electron chi connectivity index (χ2n) is 4.52. The van der Waals surface area contributed by atoms with Gasteiger partial charge in [0.25, 0.3) is 0 Å². The first-order valence-corrected chi connectivity index (χ1v) is 4.62. The van der Waals surface area contributed by atoms with E-state index < -0.39 is 0 Å². The SMILES string of the molecule is Cc1nn(C)cc1CNC(C)(C)C. The molecule has 0 aromatic carbocycles. The third-order valence-electron chi connectivity index (χ3n) is 1.92. The molecule has 1 aromatic heterocycles. The number of nitrogens with one attached hydrogen (secondary N) is 1. The normalized spacial score (nSPS) is 12.1. The largest absolute Gasteiger partial charge is 0.308 e. The Morgan fingerprint density at radius 3 is 2.46 bits per heavy atom. The Hall–Kier alpha value is -0.830. The Morgan fingerprint density at radius 2 is 2.08 bits per heavy atom. The van der Waals surface area contributed by atoms with E-state index in [1.54, 1.807) is 0 Å². The molecule has 0 atom stereocenters. The second kappa shape index (κ2) is 3.50. The maximum absolute atomic E-state index is 4.29. The number of rotatable bonds is 2. The van der Waals surface area contributed by atoms with Gasteiger partial charge in [-0.15, -0.1) is 0 Å². The Kier molecular flexibility index (Phi) is 2.76. The van der Waals surface area contributed by atoms with Gasteiger partial charge in [0, 0.05) is 30.9 Å². The summed E-state index contributed by atoms with van der Waals surface area (Å²) in [5.74, 6) is 0. The maximum Gasteiger partial charge on any atom is 0.0638 e. The molecule has 1 aromatic rings. The molecule has 1 rings (SSSR count). The molecule has 0 aliphatic heterocycles. The number of aromatic nitrogens is 2. The molecule has 0 unspecified atom stereocenters. The van der Waals surface area contributed by atoms with Crippen LogP contribution in [0.4, 0.5) is 0 Å². The van der Waals surface area contributed by atoms with Gasteiger partial charge in [-0.1, -0.05) is 0 Å². The van der Waals surface area contributed by atoms with Crippen LogP contribution in [0.3, 0.4) is 0 Å². The van der Waals surface area contributed by atoms with E-state index in [0.717, 1.165) is 12.2 Å². The quantitative estimate of drug-likeness (QED) is 0.751. The Bertz CT molecular complexity index is 281. The highest BCUT2D eigenvalue weighted by Gasteiger charge is 2.10. The summed E-state index contributed by atoms with van der Waals surface area (Å²) in [7, 11) is 1.95. The highest BCUT2D eigenvalue weighted by Crippen LogP contribution is 2.07. The lowest BCUT2D eigenvalue weighted by molar-refractivity contribution is 0.424. The first-order valence-electron chi connectivity index (χ1n) is 4.62. The van der Waals surface area contributed by atoms with Crippen LogP contribution in [0, 0.1) is 6.92 Å². The minimum absolute atomic E-state index is 0.169. The lowest BCUT2D eigenvalue weighted by Crippen LogP contribution is -2.35. The summed E-state index contributed by atoms with van der Waals surface area (Å²) in [6.07, 6.45) is 2.06.